The summed E-state index contributed by atoms with van der Waals surface area (Å²) in [5.74, 6) is -1.66. The highest BCUT2D eigenvalue weighted by Crippen LogP contribution is 2.26. The first kappa shape index (κ1) is 20.1. The second-order valence-electron chi connectivity index (χ2n) is 6.86. The van der Waals surface area contributed by atoms with E-state index < -0.39 is 17.8 Å². The predicted octanol–water partition coefficient (Wildman–Crippen LogP) is 3.60. The number of esters is 1. The number of nitrogens with zero attached hydrogens (tertiary/aromatic N) is 1. The number of carbonyl (C=O) groups is 3. The van der Waals surface area contributed by atoms with Crippen molar-refractivity contribution in [1.82, 2.24) is 0 Å². The Labute approximate surface area is 172 Å². The first-order valence-electron chi connectivity index (χ1n) is 8.93. The smallest absolute Gasteiger partial charge is 0.311 e. The van der Waals surface area contributed by atoms with Crippen LogP contribution in [0, 0.1) is 19.8 Å². The van der Waals surface area contributed by atoms with E-state index in [4.69, 9.17) is 4.74 Å². The maximum Gasteiger partial charge on any atom is 0.311 e. The molecule has 1 atom stereocenters. The van der Waals surface area contributed by atoms with Gasteiger partial charge in [0.15, 0.2) is 6.61 Å². The Morgan fingerprint density at radius 3 is 2.57 bits per heavy atom. The largest absolute Gasteiger partial charge is 0.455 e. The van der Waals surface area contributed by atoms with Crippen molar-refractivity contribution in [3.63, 3.8) is 0 Å². The average Bonchev–Trinajstić information content (AvgIpc) is 3.05. The lowest BCUT2D eigenvalue weighted by Gasteiger charge is -2.16. The lowest BCUT2D eigenvalue weighted by Crippen LogP contribution is -2.28. The second kappa shape index (κ2) is 8.56. The molecule has 1 aliphatic heterocycles. The fraction of sp³-hybridized carbons (Fsp3) is 0.286. The number of halogens is 1. The van der Waals surface area contributed by atoms with E-state index in [0.717, 1.165) is 21.3 Å². The van der Waals surface area contributed by atoms with Crippen LogP contribution in [0.1, 0.15) is 17.5 Å². The number of aryl methyl sites for hydroxylation is 2. The Hall–Kier alpha value is -2.67. The van der Waals surface area contributed by atoms with Gasteiger partial charge in [-0.1, -0.05) is 33.6 Å². The number of nitrogens with one attached hydrogen (secondary N) is 1. The molecule has 0 unspecified atom stereocenters. The maximum atomic E-state index is 12.3. The van der Waals surface area contributed by atoms with E-state index in [9.17, 15) is 14.4 Å². The maximum absolute atomic E-state index is 12.3. The second-order valence-corrected chi connectivity index (χ2v) is 7.72. The van der Waals surface area contributed by atoms with Crippen LogP contribution in [0.15, 0.2) is 46.9 Å². The van der Waals surface area contributed by atoms with E-state index in [0.29, 0.717) is 5.69 Å². The summed E-state index contributed by atoms with van der Waals surface area (Å²) in [5, 5.41) is 2.69. The van der Waals surface area contributed by atoms with Gasteiger partial charge in [-0.2, -0.15) is 0 Å². The van der Waals surface area contributed by atoms with Gasteiger partial charge in [-0.15, -0.1) is 0 Å². The molecule has 0 aliphatic carbocycles. The van der Waals surface area contributed by atoms with Crippen LogP contribution in [0.4, 0.5) is 11.4 Å². The number of carbonyl (C=O) groups excluding carboxylic acids is 3. The highest BCUT2D eigenvalue weighted by atomic mass is 79.9. The predicted molar refractivity (Wildman–Crippen MR) is 110 cm³/mol. The van der Waals surface area contributed by atoms with E-state index in [1.807, 2.05) is 50.2 Å². The first-order chi connectivity index (χ1) is 13.3. The van der Waals surface area contributed by atoms with Gasteiger partial charge in [-0.3, -0.25) is 14.4 Å². The number of hydrogen-bond acceptors (Lipinski definition) is 4. The van der Waals surface area contributed by atoms with Gasteiger partial charge in [0, 0.05) is 28.8 Å². The fourth-order valence-electron chi connectivity index (χ4n) is 3.01. The van der Waals surface area contributed by atoms with Crippen LogP contribution in [-0.2, 0) is 19.1 Å². The van der Waals surface area contributed by atoms with E-state index in [-0.39, 0.29) is 25.5 Å². The van der Waals surface area contributed by atoms with Crippen LogP contribution < -0.4 is 10.2 Å². The zero-order valence-corrected chi connectivity index (χ0v) is 17.3. The van der Waals surface area contributed by atoms with Crippen LogP contribution in [0.3, 0.4) is 0 Å². The molecule has 1 saturated heterocycles. The Kier molecular flexibility index (Phi) is 6.14. The third kappa shape index (κ3) is 4.78. The molecule has 0 radical (unpaired) electrons. The van der Waals surface area contributed by atoms with Gasteiger partial charge < -0.3 is 15.0 Å². The number of anilines is 2. The van der Waals surface area contributed by atoms with Gasteiger partial charge in [0.05, 0.1) is 5.92 Å². The SMILES string of the molecule is Cc1ccc(N2C[C@H](C(=O)OCC(=O)Nc3ccc(Br)c(C)c3)CC2=O)cc1. The van der Waals surface area contributed by atoms with E-state index in [1.165, 1.54) is 0 Å². The lowest BCUT2D eigenvalue weighted by atomic mass is 10.1. The molecule has 0 bridgehead atoms. The van der Waals surface area contributed by atoms with Gasteiger partial charge in [-0.25, -0.2) is 0 Å². The molecule has 2 aromatic rings. The van der Waals surface area contributed by atoms with Crippen molar-refractivity contribution in [2.45, 2.75) is 20.3 Å². The number of benzene rings is 2. The van der Waals surface area contributed by atoms with Gasteiger partial charge in [0.25, 0.3) is 5.91 Å². The fourth-order valence-corrected chi connectivity index (χ4v) is 3.26. The lowest BCUT2D eigenvalue weighted by molar-refractivity contribution is -0.151. The van der Waals surface area contributed by atoms with Gasteiger partial charge >= 0.3 is 5.97 Å². The Morgan fingerprint density at radius 1 is 1.18 bits per heavy atom. The minimum absolute atomic E-state index is 0.0836. The Morgan fingerprint density at radius 2 is 1.89 bits per heavy atom. The van der Waals surface area contributed by atoms with E-state index in [2.05, 4.69) is 21.2 Å². The number of hydrogen-bond donors (Lipinski definition) is 1. The molecule has 28 heavy (non-hydrogen) atoms. The molecule has 2 amide bonds. The number of rotatable bonds is 5. The zero-order valence-electron chi connectivity index (χ0n) is 15.7. The molecule has 0 saturated carbocycles. The molecule has 1 N–H and O–H groups in total. The third-order valence-electron chi connectivity index (χ3n) is 4.59. The topological polar surface area (TPSA) is 75.7 Å². The first-order valence-corrected chi connectivity index (χ1v) is 9.72. The molecular weight excluding hydrogens is 424 g/mol. The molecule has 1 aliphatic rings. The molecule has 0 spiro atoms. The molecule has 7 heteroatoms. The van der Waals surface area contributed by atoms with Crippen LogP contribution >= 0.6 is 15.9 Å². The number of ether oxygens (including phenoxy) is 1. The standard InChI is InChI=1S/C21H21BrN2O4/c1-13-3-6-17(7-4-13)24-11-15(10-20(24)26)21(27)28-12-19(25)23-16-5-8-18(22)14(2)9-16/h3-9,15H,10-12H2,1-2H3,(H,23,25)/t15-/m1/s1. The highest BCUT2D eigenvalue weighted by Gasteiger charge is 2.36. The van der Waals surface area contributed by atoms with Crippen molar-refractivity contribution in [2.75, 3.05) is 23.4 Å². The summed E-state index contributed by atoms with van der Waals surface area (Å²) in [5.41, 5.74) is 3.46. The van der Waals surface area contributed by atoms with Crippen molar-refractivity contribution in [3.05, 3.63) is 58.1 Å². The van der Waals surface area contributed by atoms with Gasteiger partial charge in [-0.05, 0) is 49.7 Å². The van der Waals surface area contributed by atoms with Crippen molar-refractivity contribution < 1.29 is 19.1 Å². The molecule has 0 aromatic heterocycles. The van der Waals surface area contributed by atoms with E-state index >= 15 is 0 Å². The zero-order chi connectivity index (χ0) is 20.3. The Bertz CT molecular complexity index is 911. The quantitative estimate of drug-likeness (QED) is 0.714. The summed E-state index contributed by atoms with van der Waals surface area (Å²) in [4.78, 5) is 38.2. The van der Waals surface area contributed by atoms with Crippen LogP contribution in [-0.4, -0.2) is 30.9 Å². The summed E-state index contributed by atoms with van der Waals surface area (Å²) in [7, 11) is 0. The van der Waals surface area contributed by atoms with Crippen molar-refractivity contribution in [2.24, 2.45) is 5.92 Å². The molecule has 146 valence electrons. The monoisotopic (exact) mass is 444 g/mol. The van der Waals surface area contributed by atoms with E-state index in [1.54, 1.807) is 11.0 Å². The summed E-state index contributed by atoms with van der Waals surface area (Å²) in [6.45, 7) is 3.75. The molecule has 1 fully saturated rings. The minimum Gasteiger partial charge on any atom is -0.455 e. The average molecular weight is 445 g/mol. The van der Waals surface area contributed by atoms with Crippen molar-refractivity contribution in [1.29, 1.82) is 0 Å². The molecule has 2 aromatic carbocycles. The molecule has 1 heterocycles. The van der Waals surface area contributed by atoms with Crippen molar-refractivity contribution in [3.8, 4) is 0 Å². The summed E-state index contributed by atoms with van der Waals surface area (Å²) in [6, 6.07) is 13.0. The van der Waals surface area contributed by atoms with Gasteiger partial charge in [0.2, 0.25) is 5.91 Å². The van der Waals surface area contributed by atoms with Crippen LogP contribution in [0.2, 0.25) is 0 Å². The molecule has 3 rings (SSSR count). The molecule has 6 nitrogen and oxygen atoms in total. The highest BCUT2D eigenvalue weighted by molar-refractivity contribution is 9.10. The molecular formula is C21H21BrN2O4. The normalized spacial score (nSPS) is 16.2. The summed E-state index contributed by atoms with van der Waals surface area (Å²) in [6.07, 6.45) is 0.0836. The number of amides is 2. The summed E-state index contributed by atoms with van der Waals surface area (Å²) >= 11 is 3.40. The third-order valence-corrected chi connectivity index (χ3v) is 5.48. The Balaban J connectivity index is 1.52. The van der Waals surface area contributed by atoms with Crippen LogP contribution in [0.5, 0.6) is 0 Å². The van der Waals surface area contributed by atoms with Crippen LogP contribution in [0.25, 0.3) is 0 Å². The van der Waals surface area contributed by atoms with Gasteiger partial charge in [0.1, 0.15) is 0 Å². The summed E-state index contributed by atoms with van der Waals surface area (Å²) < 4.78 is 6.07. The van der Waals surface area contributed by atoms with Crippen molar-refractivity contribution >= 4 is 45.1 Å². The minimum atomic E-state index is -0.573.